The number of piperidine rings is 1. The molecular formula is C20H39N3O4. The highest BCUT2D eigenvalue weighted by molar-refractivity contribution is 5.67. The SMILES string of the molecule is CCCCCCNC(=O)OCCCCCCNC(=O)OC1CCN(C)CC1. The molecule has 7 heteroatoms. The molecule has 0 aromatic carbocycles. The van der Waals surface area contributed by atoms with Crippen molar-refractivity contribution in [1.82, 2.24) is 15.5 Å². The molecule has 0 radical (unpaired) electrons. The molecule has 0 unspecified atom stereocenters. The van der Waals surface area contributed by atoms with Crippen molar-refractivity contribution in [3.8, 4) is 0 Å². The molecule has 1 fully saturated rings. The largest absolute Gasteiger partial charge is 0.450 e. The predicted octanol–water partition coefficient (Wildman–Crippen LogP) is 3.67. The topological polar surface area (TPSA) is 79.9 Å². The molecule has 158 valence electrons. The van der Waals surface area contributed by atoms with E-state index < -0.39 is 0 Å². The van der Waals surface area contributed by atoms with E-state index >= 15 is 0 Å². The van der Waals surface area contributed by atoms with Crippen molar-refractivity contribution >= 4 is 12.2 Å². The van der Waals surface area contributed by atoms with Gasteiger partial charge in [0.05, 0.1) is 6.61 Å². The number of likely N-dealkylation sites (tertiary alicyclic amines) is 1. The maximum Gasteiger partial charge on any atom is 0.407 e. The predicted molar refractivity (Wildman–Crippen MR) is 107 cm³/mol. The lowest BCUT2D eigenvalue weighted by Gasteiger charge is -2.28. The Morgan fingerprint density at radius 1 is 0.889 bits per heavy atom. The van der Waals surface area contributed by atoms with E-state index in [4.69, 9.17) is 9.47 Å². The molecular weight excluding hydrogens is 346 g/mol. The van der Waals surface area contributed by atoms with Gasteiger partial charge in [0, 0.05) is 26.2 Å². The van der Waals surface area contributed by atoms with E-state index in [0.29, 0.717) is 19.7 Å². The molecule has 0 aliphatic carbocycles. The number of hydrogen-bond donors (Lipinski definition) is 2. The molecule has 2 amide bonds. The molecule has 0 atom stereocenters. The number of carbonyl (C=O) groups is 2. The zero-order chi connectivity index (χ0) is 19.7. The van der Waals surface area contributed by atoms with Crippen LogP contribution in [0.1, 0.15) is 71.1 Å². The zero-order valence-electron chi connectivity index (χ0n) is 17.3. The number of rotatable bonds is 13. The van der Waals surface area contributed by atoms with E-state index in [1.54, 1.807) is 0 Å². The molecule has 1 heterocycles. The van der Waals surface area contributed by atoms with Crippen molar-refractivity contribution in [2.75, 3.05) is 39.8 Å². The molecule has 0 spiro atoms. The second-order valence-electron chi connectivity index (χ2n) is 7.37. The summed E-state index contributed by atoms with van der Waals surface area (Å²) >= 11 is 0. The summed E-state index contributed by atoms with van der Waals surface area (Å²) in [4.78, 5) is 25.5. The summed E-state index contributed by atoms with van der Waals surface area (Å²) < 4.78 is 10.6. The number of unbranched alkanes of at least 4 members (excludes halogenated alkanes) is 6. The number of hydrogen-bond acceptors (Lipinski definition) is 5. The minimum atomic E-state index is -0.315. The average Bonchev–Trinajstić information content (AvgIpc) is 2.65. The van der Waals surface area contributed by atoms with Crippen LogP contribution >= 0.6 is 0 Å². The first kappa shape index (κ1) is 23.5. The summed E-state index contributed by atoms with van der Waals surface area (Å²) in [6.45, 7) is 5.91. The van der Waals surface area contributed by atoms with Crippen molar-refractivity contribution in [3.63, 3.8) is 0 Å². The van der Waals surface area contributed by atoms with Crippen LogP contribution in [-0.4, -0.2) is 63.0 Å². The molecule has 7 nitrogen and oxygen atoms in total. The smallest absolute Gasteiger partial charge is 0.407 e. The first-order chi connectivity index (χ1) is 13.1. The Morgan fingerprint density at radius 2 is 1.48 bits per heavy atom. The molecule has 2 N–H and O–H groups in total. The summed E-state index contributed by atoms with van der Waals surface area (Å²) in [5.41, 5.74) is 0. The number of nitrogens with zero attached hydrogens (tertiary/aromatic N) is 1. The van der Waals surface area contributed by atoms with Gasteiger partial charge in [0.1, 0.15) is 6.10 Å². The van der Waals surface area contributed by atoms with Crippen molar-refractivity contribution in [1.29, 1.82) is 0 Å². The molecule has 0 aromatic heterocycles. The Balaban J connectivity index is 1.84. The van der Waals surface area contributed by atoms with Crippen LogP contribution in [0.3, 0.4) is 0 Å². The van der Waals surface area contributed by atoms with Crippen LogP contribution in [0.25, 0.3) is 0 Å². The van der Waals surface area contributed by atoms with E-state index in [1.165, 1.54) is 12.8 Å². The second-order valence-corrected chi connectivity index (χ2v) is 7.37. The fourth-order valence-electron chi connectivity index (χ4n) is 3.02. The van der Waals surface area contributed by atoms with Crippen LogP contribution in [-0.2, 0) is 9.47 Å². The third-order valence-electron chi connectivity index (χ3n) is 4.81. The van der Waals surface area contributed by atoms with Crippen LogP contribution in [0, 0.1) is 0 Å². The summed E-state index contributed by atoms with van der Waals surface area (Å²) in [5.74, 6) is 0. The van der Waals surface area contributed by atoms with E-state index in [2.05, 4.69) is 29.5 Å². The molecule has 1 aliphatic rings. The molecule has 0 bridgehead atoms. The van der Waals surface area contributed by atoms with Crippen molar-refractivity contribution in [2.24, 2.45) is 0 Å². The fraction of sp³-hybridized carbons (Fsp3) is 0.900. The molecule has 27 heavy (non-hydrogen) atoms. The first-order valence-electron chi connectivity index (χ1n) is 10.7. The Kier molecular flexibility index (Phi) is 13.6. The van der Waals surface area contributed by atoms with Gasteiger partial charge in [0.2, 0.25) is 0 Å². The van der Waals surface area contributed by atoms with Crippen LogP contribution in [0.15, 0.2) is 0 Å². The minimum absolute atomic E-state index is 0.0520. The van der Waals surface area contributed by atoms with Gasteiger partial charge in [-0.1, -0.05) is 32.6 Å². The van der Waals surface area contributed by atoms with Crippen molar-refractivity contribution in [2.45, 2.75) is 77.2 Å². The minimum Gasteiger partial charge on any atom is -0.450 e. The van der Waals surface area contributed by atoms with Crippen LogP contribution in [0.5, 0.6) is 0 Å². The summed E-state index contributed by atoms with van der Waals surface area (Å²) in [6, 6.07) is 0. The van der Waals surface area contributed by atoms with Crippen LogP contribution in [0.4, 0.5) is 9.59 Å². The van der Waals surface area contributed by atoms with E-state index in [1.807, 2.05) is 0 Å². The number of amides is 2. The Morgan fingerprint density at radius 3 is 2.15 bits per heavy atom. The Hall–Kier alpha value is -1.50. The number of alkyl carbamates (subject to hydrolysis) is 2. The monoisotopic (exact) mass is 385 g/mol. The Bertz CT molecular complexity index is 399. The summed E-state index contributed by atoms with van der Waals surface area (Å²) in [7, 11) is 2.09. The highest BCUT2D eigenvalue weighted by atomic mass is 16.6. The lowest BCUT2D eigenvalue weighted by atomic mass is 10.1. The van der Waals surface area contributed by atoms with Gasteiger partial charge in [0.25, 0.3) is 0 Å². The van der Waals surface area contributed by atoms with Crippen LogP contribution < -0.4 is 10.6 Å². The molecule has 1 saturated heterocycles. The highest BCUT2D eigenvalue weighted by Gasteiger charge is 2.19. The van der Waals surface area contributed by atoms with Gasteiger partial charge in [0.15, 0.2) is 0 Å². The summed E-state index contributed by atoms with van der Waals surface area (Å²) in [6.07, 6.45) is 9.56. The lowest BCUT2D eigenvalue weighted by Crippen LogP contribution is -2.37. The standard InChI is InChI=1S/C20H39N3O4/c1-3-4-5-8-13-21-19(24)26-17-10-7-6-9-14-22-20(25)27-18-11-15-23(2)16-12-18/h18H,3-17H2,1-2H3,(H,21,24)(H,22,25). The molecule has 0 aromatic rings. The number of nitrogens with one attached hydrogen (secondary N) is 2. The van der Waals surface area contributed by atoms with Gasteiger partial charge in [-0.05, 0) is 45.6 Å². The van der Waals surface area contributed by atoms with Gasteiger partial charge in [-0.3, -0.25) is 0 Å². The average molecular weight is 386 g/mol. The van der Waals surface area contributed by atoms with Gasteiger partial charge in [-0.2, -0.15) is 0 Å². The van der Waals surface area contributed by atoms with E-state index in [9.17, 15) is 9.59 Å². The van der Waals surface area contributed by atoms with E-state index in [0.717, 1.165) is 64.5 Å². The quantitative estimate of drug-likeness (QED) is 0.473. The van der Waals surface area contributed by atoms with Gasteiger partial charge in [-0.25, -0.2) is 9.59 Å². The lowest BCUT2D eigenvalue weighted by molar-refractivity contribution is 0.0572. The van der Waals surface area contributed by atoms with Crippen molar-refractivity contribution in [3.05, 3.63) is 0 Å². The zero-order valence-corrected chi connectivity index (χ0v) is 17.3. The maximum absolute atomic E-state index is 11.7. The van der Waals surface area contributed by atoms with E-state index in [-0.39, 0.29) is 18.3 Å². The summed E-state index contributed by atoms with van der Waals surface area (Å²) in [5, 5.41) is 5.59. The number of carbonyl (C=O) groups excluding carboxylic acids is 2. The fourth-order valence-corrected chi connectivity index (χ4v) is 3.02. The second kappa shape index (κ2) is 15.5. The van der Waals surface area contributed by atoms with Gasteiger partial charge in [-0.15, -0.1) is 0 Å². The van der Waals surface area contributed by atoms with Crippen molar-refractivity contribution < 1.29 is 19.1 Å². The normalized spacial score (nSPS) is 15.3. The third kappa shape index (κ3) is 13.3. The number of ether oxygens (including phenoxy) is 2. The van der Waals surface area contributed by atoms with Gasteiger partial charge < -0.3 is 25.0 Å². The van der Waals surface area contributed by atoms with Gasteiger partial charge >= 0.3 is 12.2 Å². The highest BCUT2D eigenvalue weighted by Crippen LogP contribution is 2.12. The molecule has 1 aliphatic heterocycles. The molecule has 1 rings (SSSR count). The molecule has 0 saturated carbocycles. The third-order valence-corrected chi connectivity index (χ3v) is 4.81. The van der Waals surface area contributed by atoms with Crippen LogP contribution in [0.2, 0.25) is 0 Å². The Labute approximate surface area is 164 Å². The first-order valence-corrected chi connectivity index (χ1v) is 10.7. The maximum atomic E-state index is 11.7.